The molecule has 0 radical (unpaired) electrons. The van der Waals surface area contributed by atoms with Crippen LogP contribution in [-0.4, -0.2) is 35.6 Å². The number of likely N-dealkylation sites (tertiary alicyclic amines) is 1. The van der Waals surface area contributed by atoms with Crippen LogP contribution in [0.1, 0.15) is 12.0 Å². The summed E-state index contributed by atoms with van der Waals surface area (Å²) < 4.78 is 0. The lowest BCUT2D eigenvalue weighted by Crippen LogP contribution is -2.27. The maximum Gasteiger partial charge on any atom is 0.223 e. The van der Waals surface area contributed by atoms with Gasteiger partial charge in [0, 0.05) is 32.0 Å². The van der Waals surface area contributed by atoms with E-state index in [1.54, 1.807) is 11.0 Å². The molecule has 18 heavy (non-hydrogen) atoms. The van der Waals surface area contributed by atoms with Crippen LogP contribution in [0.15, 0.2) is 18.2 Å². The number of amides is 1. The van der Waals surface area contributed by atoms with Gasteiger partial charge in [-0.05, 0) is 18.1 Å². The minimum atomic E-state index is 0.0696. The van der Waals surface area contributed by atoms with Crippen LogP contribution in [-0.2, 0) is 11.2 Å². The van der Waals surface area contributed by atoms with Gasteiger partial charge in [0.05, 0.1) is 10.0 Å². The molecule has 0 aromatic heterocycles. The van der Waals surface area contributed by atoms with E-state index in [1.165, 1.54) is 0 Å². The van der Waals surface area contributed by atoms with Crippen LogP contribution < -0.4 is 0 Å². The molecule has 1 atom stereocenters. The Hall–Kier alpha value is -0.770. The Balaban J connectivity index is 1.96. The molecule has 3 nitrogen and oxygen atoms in total. The Morgan fingerprint density at radius 2 is 2.17 bits per heavy atom. The number of nitrogens with zero attached hydrogens (tertiary/aromatic N) is 1. The minimum absolute atomic E-state index is 0.0696. The molecule has 5 heteroatoms. The Labute approximate surface area is 116 Å². The lowest BCUT2D eigenvalue weighted by atomic mass is 10.1. The van der Waals surface area contributed by atoms with Crippen molar-refractivity contribution in [3.8, 4) is 0 Å². The molecule has 1 N–H and O–H groups in total. The fourth-order valence-corrected chi connectivity index (χ4v) is 2.60. The number of hydrogen-bond acceptors (Lipinski definition) is 2. The first-order valence-electron chi connectivity index (χ1n) is 5.93. The van der Waals surface area contributed by atoms with Crippen LogP contribution in [0.2, 0.25) is 10.0 Å². The minimum Gasteiger partial charge on any atom is -0.396 e. The smallest absolute Gasteiger partial charge is 0.223 e. The summed E-state index contributed by atoms with van der Waals surface area (Å²) in [5.41, 5.74) is 0.949. The number of carbonyl (C=O) groups is 1. The zero-order chi connectivity index (χ0) is 13.1. The average molecular weight is 288 g/mol. The lowest BCUT2D eigenvalue weighted by molar-refractivity contribution is -0.127. The second kappa shape index (κ2) is 5.91. The van der Waals surface area contributed by atoms with Crippen molar-refractivity contribution in [1.29, 1.82) is 0 Å². The standard InChI is InChI=1S/C13H15Cl2NO2/c14-11-3-1-2-10(13(11)15)4-5-16-7-9(8-17)6-12(16)18/h1-3,9,17H,4-8H2. The molecule has 1 aliphatic rings. The van der Waals surface area contributed by atoms with E-state index in [9.17, 15) is 4.79 Å². The highest BCUT2D eigenvalue weighted by Gasteiger charge is 2.28. The number of rotatable bonds is 4. The molecule has 1 heterocycles. The summed E-state index contributed by atoms with van der Waals surface area (Å²) in [5, 5.41) is 10.1. The van der Waals surface area contributed by atoms with E-state index >= 15 is 0 Å². The zero-order valence-corrected chi connectivity index (χ0v) is 11.4. The van der Waals surface area contributed by atoms with E-state index in [4.69, 9.17) is 28.3 Å². The van der Waals surface area contributed by atoms with Crippen molar-refractivity contribution in [3.05, 3.63) is 33.8 Å². The first-order valence-corrected chi connectivity index (χ1v) is 6.69. The van der Waals surface area contributed by atoms with Crippen molar-refractivity contribution in [2.24, 2.45) is 5.92 Å². The van der Waals surface area contributed by atoms with Crippen molar-refractivity contribution in [1.82, 2.24) is 4.90 Å². The molecule has 0 bridgehead atoms. The number of carbonyl (C=O) groups excluding carboxylic acids is 1. The average Bonchev–Trinajstić information content (AvgIpc) is 2.72. The zero-order valence-electron chi connectivity index (χ0n) is 9.90. The predicted octanol–water partition coefficient (Wildman–Crippen LogP) is 2.38. The number of aliphatic hydroxyl groups excluding tert-OH is 1. The van der Waals surface area contributed by atoms with Crippen molar-refractivity contribution >= 4 is 29.1 Å². The van der Waals surface area contributed by atoms with E-state index in [0.29, 0.717) is 36.0 Å². The SMILES string of the molecule is O=C1CC(CO)CN1CCc1cccc(Cl)c1Cl. The summed E-state index contributed by atoms with van der Waals surface area (Å²) >= 11 is 12.0. The highest BCUT2D eigenvalue weighted by molar-refractivity contribution is 6.42. The Bertz CT molecular complexity index is 451. The Kier molecular flexibility index (Phi) is 4.49. The summed E-state index contributed by atoms with van der Waals surface area (Å²) in [6, 6.07) is 5.51. The molecule has 2 rings (SSSR count). The van der Waals surface area contributed by atoms with Crippen LogP contribution in [0.25, 0.3) is 0 Å². The monoisotopic (exact) mass is 287 g/mol. The molecular weight excluding hydrogens is 273 g/mol. The van der Waals surface area contributed by atoms with Crippen LogP contribution >= 0.6 is 23.2 Å². The second-order valence-electron chi connectivity index (χ2n) is 4.56. The summed E-state index contributed by atoms with van der Waals surface area (Å²) in [6.07, 6.45) is 1.13. The van der Waals surface area contributed by atoms with Crippen molar-refractivity contribution in [3.63, 3.8) is 0 Å². The van der Waals surface area contributed by atoms with Gasteiger partial charge in [-0.2, -0.15) is 0 Å². The third kappa shape index (κ3) is 2.97. The summed E-state index contributed by atoms with van der Waals surface area (Å²) in [5.74, 6) is 0.180. The molecule has 1 amide bonds. The summed E-state index contributed by atoms with van der Waals surface area (Å²) in [4.78, 5) is 13.4. The Morgan fingerprint density at radius 3 is 2.83 bits per heavy atom. The van der Waals surface area contributed by atoms with E-state index in [2.05, 4.69) is 0 Å². The number of hydrogen-bond donors (Lipinski definition) is 1. The van der Waals surface area contributed by atoms with E-state index < -0.39 is 0 Å². The molecule has 1 fully saturated rings. The van der Waals surface area contributed by atoms with Gasteiger partial charge in [0.1, 0.15) is 0 Å². The van der Waals surface area contributed by atoms with Gasteiger partial charge in [-0.25, -0.2) is 0 Å². The first-order chi connectivity index (χ1) is 8.61. The topological polar surface area (TPSA) is 40.5 Å². The third-order valence-corrected chi connectivity index (χ3v) is 4.09. The number of benzene rings is 1. The maximum absolute atomic E-state index is 11.7. The molecular formula is C13H15Cl2NO2. The third-order valence-electron chi connectivity index (χ3n) is 3.24. The van der Waals surface area contributed by atoms with Crippen molar-refractivity contribution in [2.45, 2.75) is 12.8 Å². The second-order valence-corrected chi connectivity index (χ2v) is 5.34. The molecule has 1 aromatic carbocycles. The van der Waals surface area contributed by atoms with E-state index in [0.717, 1.165) is 5.56 Å². The molecule has 0 spiro atoms. The molecule has 1 aromatic rings. The van der Waals surface area contributed by atoms with Gasteiger partial charge in [-0.3, -0.25) is 4.79 Å². The number of halogens is 2. The van der Waals surface area contributed by atoms with Crippen LogP contribution in [0, 0.1) is 5.92 Å². The normalized spacial score (nSPS) is 19.6. The number of aliphatic hydroxyl groups is 1. The lowest BCUT2D eigenvalue weighted by Gasteiger charge is -2.16. The van der Waals surface area contributed by atoms with Crippen LogP contribution in [0.5, 0.6) is 0 Å². The van der Waals surface area contributed by atoms with Crippen LogP contribution in [0.3, 0.4) is 0 Å². The fourth-order valence-electron chi connectivity index (χ4n) is 2.19. The fraction of sp³-hybridized carbons (Fsp3) is 0.462. The largest absolute Gasteiger partial charge is 0.396 e. The van der Waals surface area contributed by atoms with E-state index in [1.807, 2.05) is 12.1 Å². The van der Waals surface area contributed by atoms with Gasteiger partial charge >= 0.3 is 0 Å². The van der Waals surface area contributed by atoms with E-state index in [-0.39, 0.29) is 18.4 Å². The molecule has 98 valence electrons. The van der Waals surface area contributed by atoms with Gasteiger partial charge < -0.3 is 10.0 Å². The van der Waals surface area contributed by atoms with Gasteiger partial charge in [0.2, 0.25) is 5.91 Å². The van der Waals surface area contributed by atoms with Crippen LogP contribution in [0.4, 0.5) is 0 Å². The first kappa shape index (κ1) is 13.7. The molecule has 1 unspecified atom stereocenters. The summed E-state index contributed by atoms with van der Waals surface area (Å²) in [7, 11) is 0. The quantitative estimate of drug-likeness (QED) is 0.924. The molecule has 0 saturated carbocycles. The molecule has 1 saturated heterocycles. The van der Waals surface area contributed by atoms with Crippen molar-refractivity contribution < 1.29 is 9.90 Å². The summed E-state index contributed by atoms with van der Waals surface area (Å²) in [6.45, 7) is 1.32. The van der Waals surface area contributed by atoms with Gasteiger partial charge in [0.15, 0.2) is 0 Å². The Morgan fingerprint density at radius 1 is 1.39 bits per heavy atom. The highest BCUT2D eigenvalue weighted by atomic mass is 35.5. The van der Waals surface area contributed by atoms with Gasteiger partial charge in [-0.1, -0.05) is 35.3 Å². The molecule has 1 aliphatic heterocycles. The molecule has 0 aliphatic carbocycles. The maximum atomic E-state index is 11.7. The van der Waals surface area contributed by atoms with Gasteiger partial charge in [0.25, 0.3) is 0 Å². The van der Waals surface area contributed by atoms with Gasteiger partial charge in [-0.15, -0.1) is 0 Å². The predicted molar refractivity (Wildman–Crippen MR) is 71.9 cm³/mol. The highest BCUT2D eigenvalue weighted by Crippen LogP contribution is 2.26. The van der Waals surface area contributed by atoms with Crippen molar-refractivity contribution in [2.75, 3.05) is 19.7 Å².